The lowest BCUT2D eigenvalue weighted by Crippen LogP contribution is -2.34. The van der Waals surface area contributed by atoms with E-state index in [2.05, 4.69) is 24.2 Å². The van der Waals surface area contributed by atoms with Crippen molar-refractivity contribution >= 4 is 11.4 Å². The molecule has 0 fully saturated rings. The lowest BCUT2D eigenvalue weighted by Gasteiger charge is -2.20. The summed E-state index contributed by atoms with van der Waals surface area (Å²) >= 11 is 0. The van der Waals surface area contributed by atoms with E-state index in [1.807, 2.05) is 24.1 Å². The Balaban J connectivity index is 2.31. The van der Waals surface area contributed by atoms with E-state index in [0.29, 0.717) is 0 Å². The fourth-order valence-electron chi connectivity index (χ4n) is 1.71. The zero-order valence-corrected chi connectivity index (χ0v) is 8.57. The van der Waals surface area contributed by atoms with Gasteiger partial charge in [-0.2, -0.15) is 5.10 Å². The number of nitrogens with two attached hydrogens (primary N) is 1. The normalized spacial score (nSPS) is 21.2. The molecule has 1 unspecified atom stereocenters. The molecule has 2 N–H and O–H groups in total. The molecule has 1 aliphatic heterocycles. The average Bonchev–Trinajstić information content (AvgIpc) is 2.45. The fraction of sp³-hybridized carbons (Fsp3) is 0.364. The summed E-state index contributed by atoms with van der Waals surface area (Å²) in [7, 11) is 0. The van der Waals surface area contributed by atoms with E-state index in [1.54, 1.807) is 0 Å². The molecular weight excluding hydrogens is 174 g/mol. The minimum atomic E-state index is -0.00296. The average molecular weight is 189 g/mol. The second-order valence-electron chi connectivity index (χ2n) is 3.79. The maximum absolute atomic E-state index is 5.96. The van der Waals surface area contributed by atoms with Gasteiger partial charge >= 0.3 is 0 Å². The van der Waals surface area contributed by atoms with Gasteiger partial charge in [-0.05, 0) is 31.5 Å². The van der Waals surface area contributed by atoms with Crippen molar-refractivity contribution in [2.24, 2.45) is 10.8 Å². The van der Waals surface area contributed by atoms with E-state index in [4.69, 9.17) is 5.73 Å². The fourth-order valence-corrected chi connectivity index (χ4v) is 1.71. The molecule has 1 heterocycles. The lowest BCUT2D eigenvalue weighted by atomic mass is 10.2. The Bertz CT molecular complexity index is 371. The topological polar surface area (TPSA) is 41.6 Å². The minimum absolute atomic E-state index is 0.00296. The van der Waals surface area contributed by atoms with Crippen molar-refractivity contribution in [1.29, 1.82) is 0 Å². The number of hydrazone groups is 1. The summed E-state index contributed by atoms with van der Waals surface area (Å²) in [4.78, 5) is 0. The van der Waals surface area contributed by atoms with Gasteiger partial charge in [0.2, 0.25) is 0 Å². The van der Waals surface area contributed by atoms with E-state index in [-0.39, 0.29) is 6.17 Å². The van der Waals surface area contributed by atoms with E-state index in [9.17, 15) is 0 Å². The van der Waals surface area contributed by atoms with Gasteiger partial charge in [0.05, 0.1) is 5.69 Å². The SMILES string of the molecule is CC1=NN(c2cccc(C)c2)C(N)C1. The molecule has 14 heavy (non-hydrogen) atoms. The van der Waals surface area contributed by atoms with Crippen molar-refractivity contribution in [2.45, 2.75) is 26.4 Å². The Morgan fingerprint density at radius 2 is 2.21 bits per heavy atom. The summed E-state index contributed by atoms with van der Waals surface area (Å²) in [6.45, 7) is 4.08. The monoisotopic (exact) mass is 189 g/mol. The minimum Gasteiger partial charge on any atom is -0.309 e. The van der Waals surface area contributed by atoms with Gasteiger partial charge in [-0.1, -0.05) is 12.1 Å². The van der Waals surface area contributed by atoms with Crippen molar-refractivity contribution in [3.8, 4) is 0 Å². The van der Waals surface area contributed by atoms with Crippen LogP contribution in [0.5, 0.6) is 0 Å². The van der Waals surface area contributed by atoms with E-state index >= 15 is 0 Å². The molecule has 74 valence electrons. The number of anilines is 1. The van der Waals surface area contributed by atoms with E-state index in [0.717, 1.165) is 17.8 Å². The highest BCUT2D eigenvalue weighted by molar-refractivity contribution is 5.86. The first kappa shape index (κ1) is 9.21. The van der Waals surface area contributed by atoms with Crippen molar-refractivity contribution in [2.75, 3.05) is 5.01 Å². The molecule has 1 atom stereocenters. The van der Waals surface area contributed by atoms with Gasteiger partial charge in [-0.3, -0.25) is 0 Å². The molecule has 1 aromatic rings. The van der Waals surface area contributed by atoms with Crippen LogP contribution >= 0.6 is 0 Å². The Morgan fingerprint density at radius 3 is 2.79 bits per heavy atom. The third-order valence-corrected chi connectivity index (χ3v) is 2.36. The summed E-state index contributed by atoms with van der Waals surface area (Å²) in [6.07, 6.45) is 0.852. The Labute approximate surface area is 84.2 Å². The maximum atomic E-state index is 5.96. The van der Waals surface area contributed by atoms with Crippen LogP contribution in [0.3, 0.4) is 0 Å². The van der Waals surface area contributed by atoms with Gasteiger partial charge in [0.1, 0.15) is 6.17 Å². The van der Waals surface area contributed by atoms with Gasteiger partial charge in [0.25, 0.3) is 0 Å². The number of rotatable bonds is 1. The highest BCUT2D eigenvalue weighted by Gasteiger charge is 2.21. The number of benzene rings is 1. The predicted molar refractivity (Wildman–Crippen MR) is 59.4 cm³/mol. The van der Waals surface area contributed by atoms with Crippen LogP contribution in [-0.4, -0.2) is 11.9 Å². The van der Waals surface area contributed by atoms with Crippen LogP contribution < -0.4 is 10.7 Å². The van der Waals surface area contributed by atoms with Crippen LogP contribution in [0.15, 0.2) is 29.4 Å². The second-order valence-corrected chi connectivity index (χ2v) is 3.79. The quantitative estimate of drug-likeness (QED) is 0.732. The van der Waals surface area contributed by atoms with E-state index < -0.39 is 0 Å². The molecule has 0 radical (unpaired) electrons. The number of hydrogen-bond acceptors (Lipinski definition) is 3. The van der Waals surface area contributed by atoms with Crippen LogP contribution in [0.2, 0.25) is 0 Å². The zero-order valence-electron chi connectivity index (χ0n) is 8.57. The molecule has 0 saturated carbocycles. The largest absolute Gasteiger partial charge is 0.309 e. The molecule has 3 nitrogen and oxygen atoms in total. The van der Waals surface area contributed by atoms with Gasteiger partial charge in [0.15, 0.2) is 0 Å². The Hall–Kier alpha value is -1.35. The van der Waals surface area contributed by atoms with E-state index in [1.165, 1.54) is 5.56 Å². The Morgan fingerprint density at radius 1 is 1.43 bits per heavy atom. The molecule has 0 spiro atoms. The molecule has 2 rings (SSSR count). The summed E-state index contributed by atoms with van der Waals surface area (Å²) < 4.78 is 0. The first-order valence-electron chi connectivity index (χ1n) is 4.82. The van der Waals surface area contributed by atoms with Crippen LogP contribution in [-0.2, 0) is 0 Å². The standard InChI is InChI=1S/C11H15N3/c1-8-4-3-5-10(6-8)14-11(12)7-9(2)13-14/h3-6,11H,7,12H2,1-2H3. The number of hydrogen-bond donors (Lipinski definition) is 1. The summed E-state index contributed by atoms with van der Waals surface area (Å²) in [5.74, 6) is 0. The van der Waals surface area contributed by atoms with Crippen LogP contribution in [0.25, 0.3) is 0 Å². The highest BCUT2D eigenvalue weighted by Crippen LogP contribution is 2.22. The van der Waals surface area contributed by atoms with Crippen molar-refractivity contribution < 1.29 is 0 Å². The number of aryl methyl sites for hydroxylation is 1. The molecule has 1 aromatic carbocycles. The van der Waals surface area contributed by atoms with Crippen molar-refractivity contribution in [1.82, 2.24) is 0 Å². The van der Waals surface area contributed by atoms with Gasteiger partial charge in [-0.25, -0.2) is 5.01 Å². The molecule has 0 saturated heterocycles. The van der Waals surface area contributed by atoms with Crippen molar-refractivity contribution in [3.05, 3.63) is 29.8 Å². The molecule has 1 aliphatic rings. The maximum Gasteiger partial charge on any atom is 0.105 e. The second kappa shape index (κ2) is 3.42. The molecular formula is C11H15N3. The first-order chi connectivity index (χ1) is 6.66. The van der Waals surface area contributed by atoms with Crippen LogP contribution in [0.1, 0.15) is 18.9 Å². The van der Waals surface area contributed by atoms with Crippen LogP contribution in [0.4, 0.5) is 5.69 Å². The van der Waals surface area contributed by atoms with Crippen LogP contribution in [0, 0.1) is 6.92 Å². The summed E-state index contributed by atoms with van der Waals surface area (Å²) in [5, 5.41) is 6.30. The summed E-state index contributed by atoms with van der Waals surface area (Å²) in [6, 6.07) is 8.24. The predicted octanol–water partition coefficient (Wildman–Crippen LogP) is 1.87. The zero-order chi connectivity index (χ0) is 10.1. The first-order valence-corrected chi connectivity index (χ1v) is 4.82. The summed E-state index contributed by atoms with van der Waals surface area (Å²) in [5.41, 5.74) is 9.37. The number of nitrogens with zero attached hydrogens (tertiary/aromatic N) is 2. The van der Waals surface area contributed by atoms with Gasteiger partial charge in [0, 0.05) is 12.1 Å². The third-order valence-electron chi connectivity index (χ3n) is 2.36. The highest BCUT2D eigenvalue weighted by atomic mass is 15.5. The van der Waals surface area contributed by atoms with Gasteiger partial charge < -0.3 is 5.73 Å². The molecule has 3 heteroatoms. The molecule has 0 bridgehead atoms. The molecule has 0 aromatic heterocycles. The smallest absolute Gasteiger partial charge is 0.105 e. The lowest BCUT2D eigenvalue weighted by molar-refractivity contribution is 0.692. The Kier molecular flexibility index (Phi) is 2.25. The van der Waals surface area contributed by atoms with Crippen molar-refractivity contribution in [3.63, 3.8) is 0 Å². The third kappa shape index (κ3) is 1.63. The molecule has 0 aliphatic carbocycles. The molecule has 0 amide bonds. The van der Waals surface area contributed by atoms with Gasteiger partial charge in [-0.15, -0.1) is 0 Å².